The van der Waals surface area contributed by atoms with Gasteiger partial charge in [-0.3, -0.25) is 4.90 Å². The van der Waals surface area contributed by atoms with E-state index in [1.54, 1.807) is 7.11 Å². The van der Waals surface area contributed by atoms with Crippen LogP contribution in [-0.2, 0) is 14.3 Å². The largest absolute Gasteiger partial charge is 0.479 e. The monoisotopic (exact) mass is 381 g/mol. The molecule has 0 saturated heterocycles. The van der Waals surface area contributed by atoms with Gasteiger partial charge in [0, 0.05) is 32.9 Å². The normalized spacial score (nSPS) is 22.7. The summed E-state index contributed by atoms with van der Waals surface area (Å²) < 4.78 is 10.8. The average molecular weight is 381 g/mol. The van der Waals surface area contributed by atoms with E-state index >= 15 is 0 Å². The van der Waals surface area contributed by atoms with Gasteiger partial charge < -0.3 is 14.6 Å². The lowest BCUT2D eigenvalue weighted by Crippen LogP contribution is -2.65. The van der Waals surface area contributed by atoms with Gasteiger partial charge in [-0.15, -0.1) is 0 Å². The van der Waals surface area contributed by atoms with Crippen molar-refractivity contribution in [3.05, 3.63) is 59.7 Å². The van der Waals surface area contributed by atoms with Crippen LogP contribution in [0.1, 0.15) is 29.9 Å². The van der Waals surface area contributed by atoms with Crippen molar-refractivity contribution in [2.24, 2.45) is 0 Å². The molecule has 146 valence electrons. The number of methoxy groups -OCH3 is 1. The highest BCUT2D eigenvalue weighted by Crippen LogP contribution is 2.45. The molecule has 0 heterocycles. The first-order valence-corrected chi connectivity index (χ1v) is 9.33. The van der Waals surface area contributed by atoms with E-state index < -0.39 is 17.6 Å². The summed E-state index contributed by atoms with van der Waals surface area (Å²) in [6, 6.07) is 16.2. The van der Waals surface area contributed by atoms with Gasteiger partial charge in [0.2, 0.25) is 0 Å². The standard InChI is InChI=1S/C22H23NO5/c1-23(22(20(24)25)11-14(12-22)27-2)21(26)28-13-19-17-9-5-3-7-15(17)16-8-4-6-10-18(16)19/h3-10,14,19H,11-13H2,1-2H3,(H,24,25). The zero-order chi connectivity index (χ0) is 19.9. The zero-order valence-corrected chi connectivity index (χ0v) is 15.9. The maximum absolute atomic E-state index is 12.7. The Morgan fingerprint density at radius 2 is 1.61 bits per heavy atom. The van der Waals surface area contributed by atoms with Gasteiger partial charge in [-0.1, -0.05) is 48.5 Å². The fourth-order valence-electron chi connectivity index (χ4n) is 4.32. The van der Waals surface area contributed by atoms with Crippen molar-refractivity contribution >= 4 is 12.1 Å². The second-order valence-electron chi connectivity index (χ2n) is 7.47. The van der Waals surface area contributed by atoms with Gasteiger partial charge in [0.25, 0.3) is 0 Å². The number of carboxylic acid groups (broad SMARTS) is 1. The second kappa shape index (κ2) is 6.95. The van der Waals surface area contributed by atoms with Gasteiger partial charge in [0.05, 0.1) is 6.10 Å². The Balaban J connectivity index is 1.50. The number of hydrogen-bond acceptors (Lipinski definition) is 4. The van der Waals surface area contributed by atoms with Gasteiger partial charge >= 0.3 is 12.1 Å². The third-order valence-corrected chi connectivity index (χ3v) is 6.11. The number of ether oxygens (including phenoxy) is 2. The van der Waals surface area contributed by atoms with Crippen LogP contribution in [0.15, 0.2) is 48.5 Å². The fraction of sp³-hybridized carbons (Fsp3) is 0.364. The molecule has 2 aromatic rings. The van der Waals surface area contributed by atoms with E-state index in [0.717, 1.165) is 22.3 Å². The first-order valence-electron chi connectivity index (χ1n) is 9.33. The molecule has 0 aromatic heterocycles. The number of fused-ring (bicyclic) bond motifs is 3. The fourth-order valence-corrected chi connectivity index (χ4v) is 4.32. The molecule has 1 N–H and O–H groups in total. The number of aliphatic carboxylic acids is 1. The highest BCUT2D eigenvalue weighted by atomic mass is 16.6. The molecular formula is C22H23NO5. The van der Waals surface area contributed by atoms with Gasteiger partial charge in [-0.05, 0) is 22.3 Å². The molecule has 4 rings (SSSR count). The molecule has 2 aliphatic rings. The minimum atomic E-state index is -1.26. The SMILES string of the molecule is COC1CC(C(=O)O)(N(C)C(=O)OCC2c3ccccc3-c3ccccc32)C1. The quantitative estimate of drug-likeness (QED) is 0.858. The second-order valence-corrected chi connectivity index (χ2v) is 7.47. The van der Waals surface area contributed by atoms with Crippen molar-refractivity contribution in [1.82, 2.24) is 4.90 Å². The van der Waals surface area contributed by atoms with Crippen LogP contribution in [0.3, 0.4) is 0 Å². The molecule has 0 aliphatic heterocycles. The maximum atomic E-state index is 12.7. The van der Waals surface area contributed by atoms with E-state index in [4.69, 9.17) is 9.47 Å². The Morgan fingerprint density at radius 3 is 2.11 bits per heavy atom. The van der Waals surface area contributed by atoms with Crippen LogP contribution in [-0.4, -0.2) is 54.5 Å². The van der Waals surface area contributed by atoms with E-state index in [0.29, 0.717) is 0 Å². The molecule has 0 radical (unpaired) electrons. The number of carbonyl (C=O) groups is 2. The summed E-state index contributed by atoms with van der Waals surface area (Å²) in [6.07, 6.45) is -0.252. The minimum Gasteiger partial charge on any atom is -0.479 e. The van der Waals surface area contributed by atoms with E-state index in [2.05, 4.69) is 12.1 Å². The molecule has 1 amide bonds. The molecule has 0 bridgehead atoms. The van der Waals surface area contributed by atoms with Crippen molar-refractivity contribution in [2.45, 2.75) is 30.4 Å². The van der Waals surface area contributed by atoms with Crippen molar-refractivity contribution in [1.29, 1.82) is 0 Å². The van der Waals surface area contributed by atoms with E-state index in [-0.39, 0.29) is 31.5 Å². The number of amides is 1. The third-order valence-electron chi connectivity index (χ3n) is 6.11. The topological polar surface area (TPSA) is 76.1 Å². The molecule has 1 saturated carbocycles. The third kappa shape index (κ3) is 2.76. The van der Waals surface area contributed by atoms with Crippen molar-refractivity contribution in [2.75, 3.05) is 20.8 Å². The number of likely N-dealkylation sites (N-methyl/N-ethyl adjacent to an activating group) is 1. The minimum absolute atomic E-state index is 0.0568. The number of carboxylic acids is 1. The number of nitrogens with zero attached hydrogens (tertiary/aromatic N) is 1. The first kappa shape index (κ1) is 18.5. The molecule has 6 nitrogen and oxygen atoms in total. The molecule has 1 fully saturated rings. The molecular weight excluding hydrogens is 358 g/mol. The Kier molecular flexibility index (Phi) is 4.59. The van der Waals surface area contributed by atoms with Gasteiger partial charge in [-0.2, -0.15) is 0 Å². The van der Waals surface area contributed by atoms with Crippen LogP contribution in [0.25, 0.3) is 11.1 Å². The van der Waals surface area contributed by atoms with Crippen LogP contribution in [0.5, 0.6) is 0 Å². The van der Waals surface area contributed by atoms with Crippen LogP contribution in [0, 0.1) is 0 Å². The molecule has 0 unspecified atom stereocenters. The molecule has 0 spiro atoms. The van der Waals surface area contributed by atoms with Gasteiger partial charge in [-0.25, -0.2) is 9.59 Å². The number of rotatable bonds is 5. The predicted octanol–water partition coefficient (Wildman–Crippen LogP) is 3.50. The van der Waals surface area contributed by atoms with Crippen LogP contribution in [0.2, 0.25) is 0 Å². The lowest BCUT2D eigenvalue weighted by Gasteiger charge is -2.48. The highest BCUT2D eigenvalue weighted by molar-refractivity contribution is 5.86. The summed E-state index contributed by atoms with van der Waals surface area (Å²) in [5, 5.41) is 9.65. The molecule has 2 aromatic carbocycles. The van der Waals surface area contributed by atoms with Crippen molar-refractivity contribution < 1.29 is 24.2 Å². The molecule has 6 heteroatoms. The smallest absolute Gasteiger partial charge is 0.410 e. The Labute approximate surface area is 163 Å². The Morgan fingerprint density at radius 1 is 1.07 bits per heavy atom. The molecule has 0 atom stereocenters. The van der Waals surface area contributed by atoms with Gasteiger partial charge in [0.1, 0.15) is 12.1 Å². The summed E-state index contributed by atoms with van der Waals surface area (Å²) in [6.45, 7) is 0.167. The number of hydrogen-bond donors (Lipinski definition) is 1. The van der Waals surface area contributed by atoms with Crippen LogP contribution in [0.4, 0.5) is 4.79 Å². The Hall–Kier alpha value is -2.86. The first-order chi connectivity index (χ1) is 13.5. The van der Waals surface area contributed by atoms with E-state index in [1.807, 2.05) is 36.4 Å². The molecule has 2 aliphatic carbocycles. The Bertz CT molecular complexity index is 873. The van der Waals surface area contributed by atoms with Crippen LogP contribution < -0.4 is 0 Å². The number of carbonyl (C=O) groups excluding carboxylic acids is 1. The summed E-state index contributed by atoms with van der Waals surface area (Å²) in [5.74, 6) is -1.09. The summed E-state index contributed by atoms with van der Waals surface area (Å²) in [4.78, 5) is 25.7. The van der Waals surface area contributed by atoms with E-state index in [1.165, 1.54) is 11.9 Å². The maximum Gasteiger partial charge on any atom is 0.410 e. The predicted molar refractivity (Wildman–Crippen MR) is 103 cm³/mol. The summed E-state index contributed by atoms with van der Waals surface area (Å²) in [7, 11) is 3.03. The van der Waals surface area contributed by atoms with Crippen molar-refractivity contribution in [3.63, 3.8) is 0 Å². The number of benzene rings is 2. The van der Waals surface area contributed by atoms with Gasteiger partial charge in [0.15, 0.2) is 0 Å². The highest BCUT2D eigenvalue weighted by Gasteiger charge is 2.56. The average Bonchev–Trinajstić information content (AvgIpc) is 2.99. The summed E-state index contributed by atoms with van der Waals surface area (Å²) >= 11 is 0. The molecule has 28 heavy (non-hydrogen) atoms. The van der Waals surface area contributed by atoms with Crippen LogP contribution >= 0.6 is 0 Å². The zero-order valence-electron chi connectivity index (χ0n) is 15.9. The lowest BCUT2D eigenvalue weighted by molar-refractivity contribution is -0.166. The van der Waals surface area contributed by atoms with E-state index in [9.17, 15) is 14.7 Å². The lowest BCUT2D eigenvalue weighted by atomic mass is 9.73. The summed E-state index contributed by atoms with van der Waals surface area (Å²) in [5.41, 5.74) is 3.28. The van der Waals surface area contributed by atoms with Crippen molar-refractivity contribution in [3.8, 4) is 11.1 Å².